The van der Waals surface area contributed by atoms with E-state index in [-0.39, 0.29) is 5.91 Å². The Morgan fingerprint density at radius 1 is 0.903 bits per heavy atom. The summed E-state index contributed by atoms with van der Waals surface area (Å²) in [5.74, 6) is 0.396. The fraction of sp³-hybridized carbons (Fsp3) is 0.296. The Morgan fingerprint density at radius 2 is 1.55 bits per heavy atom. The van der Waals surface area contributed by atoms with E-state index in [1.807, 2.05) is 36.4 Å². The minimum absolute atomic E-state index is 0.0683. The molecule has 1 aliphatic rings. The molecule has 0 atom stereocenters. The zero-order valence-electron chi connectivity index (χ0n) is 18.5. The highest BCUT2D eigenvalue weighted by Crippen LogP contribution is 2.19. The van der Waals surface area contributed by atoms with Crippen molar-refractivity contribution in [1.29, 1.82) is 0 Å². The molecule has 0 unspecified atom stereocenters. The molecule has 0 aliphatic carbocycles. The van der Waals surface area contributed by atoms with Crippen LogP contribution >= 0.6 is 0 Å². The lowest BCUT2D eigenvalue weighted by Crippen LogP contribution is -3.13. The van der Waals surface area contributed by atoms with Gasteiger partial charge in [-0.2, -0.15) is 0 Å². The number of rotatable bonds is 6. The highest BCUT2D eigenvalue weighted by molar-refractivity contribution is 6.04. The van der Waals surface area contributed by atoms with Gasteiger partial charge in [-0.1, -0.05) is 56.3 Å². The summed E-state index contributed by atoms with van der Waals surface area (Å²) >= 11 is 0. The topological polar surface area (TPSA) is 36.8 Å². The van der Waals surface area contributed by atoms with Crippen molar-refractivity contribution in [2.45, 2.75) is 26.3 Å². The van der Waals surface area contributed by atoms with Gasteiger partial charge in [-0.3, -0.25) is 4.79 Å². The number of carbonyl (C=O) groups is 1. The van der Waals surface area contributed by atoms with Crippen LogP contribution < -0.4 is 15.1 Å². The smallest absolute Gasteiger partial charge is 0.255 e. The number of hydrogen-bond acceptors (Lipinski definition) is 2. The molecule has 1 fully saturated rings. The van der Waals surface area contributed by atoms with Gasteiger partial charge in [0, 0.05) is 22.5 Å². The maximum absolute atomic E-state index is 12.5. The first-order chi connectivity index (χ1) is 15.1. The zero-order chi connectivity index (χ0) is 21.6. The van der Waals surface area contributed by atoms with Crippen LogP contribution in [0, 0.1) is 0 Å². The van der Waals surface area contributed by atoms with Crippen LogP contribution in [0.5, 0.6) is 0 Å². The van der Waals surface area contributed by atoms with E-state index in [9.17, 15) is 4.79 Å². The predicted octanol–water partition coefficient (Wildman–Crippen LogP) is 3.97. The van der Waals surface area contributed by atoms with E-state index in [0.29, 0.717) is 11.5 Å². The number of nitrogens with one attached hydrogen (secondary N) is 2. The van der Waals surface area contributed by atoms with Crippen LogP contribution in [0.4, 0.5) is 11.4 Å². The van der Waals surface area contributed by atoms with E-state index in [1.165, 1.54) is 16.8 Å². The monoisotopic (exact) mass is 414 g/mol. The maximum Gasteiger partial charge on any atom is 0.255 e. The third kappa shape index (κ3) is 5.53. The molecular weight excluding hydrogens is 382 g/mol. The molecule has 1 amide bonds. The van der Waals surface area contributed by atoms with Gasteiger partial charge in [0.05, 0.1) is 26.2 Å². The van der Waals surface area contributed by atoms with Crippen molar-refractivity contribution in [2.24, 2.45) is 0 Å². The first-order valence-corrected chi connectivity index (χ1v) is 11.2. The quantitative estimate of drug-likeness (QED) is 0.640. The molecule has 0 bridgehead atoms. The Labute approximate surface area is 185 Å². The molecular formula is C27H32N3O+. The Bertz CT molecular complexity index is 973. The molecule has 0 aromatic heterocycles. The van der Waals surface area contributed by atoms with Gasteiger partial charge in [0.1, 0.15) is 6.54 Å². The Morgan fingerprint density at radius 3 is 2.16 bits per heavy atom. The van der Waals surface area contributed by atoms with Gasteiger partial charge in [-0.25, -0.2) is 0 Å². The van der Waals surface area contributed by atoms with E-state index >= 15 is 0 Å². The molecule has 4 nitrogen and oxygen atoms in total. The number of carbonyl (C=O) groups excluding carboxylic acids is 1. The predicted molar refractivity (Wildman–Crippen MR) is 128 cm³/mol. The minimum Gasteiger partial charge on any atom is -0.360 e. The van der Waals surface area contributed by atoms with E-state index in [4.69, 9.17) is 0 Å². The van der Waals surface area contributed by atoms with Crippen LogP contribution in [-0.4, -0.2) is 32.1 Å². The largest absolute Gasteiger partial charge is 0.360 e. The Kier molecular flexibility index (Phi) is 6.68. The maximum atomic E-state index is 12.5. The fourth-order valence-electron chi connectivity index (χ4n) is 4.12. The number of hydrogen-bond donors (Lipinski definition) is 2. The molecule has 160 valence electrons. The highest BCUT2D eigenvalue weighted by Gasteiger charge is 2.20. The van der Waals surface area contributed by atoms with Crippen molar-refractivity contribution in [3.63, 3.8) is 0 Å². The second-order valence-electron chi connectivity index (χ2n) is 8.68. The van der Waals surface area contributed by atoms with Crippen LogP contribution in [0.25, 0.3) is 0 Å². The number of amides is 1. The van der Waals surface area contributed by atoms with Crippen LogP contribution in [-0.2, 0) is 6.54 Å². The standard InChI is InChI=1S/C27H31N3O/c1-21(2)23-8-10-24(11-9-23)27(31)28-25-12-14-26(15-13-25)30-18-16-29(17-19-30)20-22-6-4-3-5-7-22/h3-15,21H,16-20H2,1-2H3,(H,28,31)/p+1. The number of anilines is 2. The molecule has 3 aromatic carbocycles. The Balaban J connectivity index is 1.30. The average molecular weight is 415 g/mol. The highest BCUT2D eigenvalue weighted by atomic mass is 16.1. The number of piperazine rings is 1. The second-order valence-corrected chi connectivity index (χ2v) is 8.68. The van der Waals surface area contributed by atoms with Gasteiger partial charge in [0.15, 0.2) is 0 Å². The average Bonchev–Trinajstić information content (AvgIpc) is 2.81. The third-order valence-corrected chi connectivity index (χ3v) is 6.10. The van der Waals surface area contributed by atoms with Crippen LogP contribution in [0.15, 0.2) is 78.9 Å². The molecule has 4 heteroatoms. The van der Waals surface area contributed by atoms with Gasteiger partial charge < -0.3 is 15.1 Å². The van der Waals surface area contributed by atoms with Gasteiger partial charge in [-0.15, -0.1) is 0 Å². The molecule has 1 saturated heterocycles. The normalized spacial score (nSPS) is 14.6. The molecule has 31 heavy (non-hydrogen) atoms. The lowest BCUT2D eigenvalue weighted by molar-refractivity contribution is -0.914. The SMILES string of the molecule is CC(C)c1ccc(C(=O)Nc2ccc(N3CC[NH+](Cc4ccccc4)CC3)cc2)cc1. The van der Waals surface area contributed by atoms with Crippen molar-refractivity contribution in [3.8, 4) is 0 Å². The van der Waals surface area contributed by atoms with Crippen molar-refractivity contribution >= 4 is 17.3 Å². The van der Waals surface area contributed by atoms with E-state index in [1.54, 1.807) is 4.90 Å². The van der Waals surface area contributed by atoms with Crippen LogP contribution in [0.3, 0.4) is 0 Å². The van der Waals surface area contributed by atoms with Crippen molar-refractivity contribution in [2.75, 3.05) is 36.4 Å². The molecule has 2 N–H and O–H groups in total. The lowest BCUT2D eigenvalue weighted by Gasteiger charge is -2.33. The minimum atomic E-state index is -0.0683. The summed E-state index contributed by atoms with van der Waals surface area (Å²) < 4.78 is 0. The van der Waals surface area contributed by atoms with Crippen molar-refractivity contribution in [3.05, 3.63) is 95.6 Å². The number of nitrogens with zero attached hydrogens (tertiary/aromatic N) is 1. The van der Waals surface area contributed by atoms with Crippen molar-refractivity contribution < 1.29 is 9.69 Å². The first kappa shape index (κ1) is 21.1. The molecule has 0 saturated carbocycles. The summed E-state index contributed by atoms with van der Waals surface area (Å²) in [5.41, 5.74) is 5.38. The second kappa shape index (κ2) is 9.80. The molecule has 3 aromatic rings. The fourth-order valence-corrected chi connectivity index (χ4v) is 4.12. The Hall–Kier alpha value is -3.11. The van der Waals surface area contributed by atoms with Crippen molar-refractivity contribution in [1.82, 2.24) is 0 Å². The van der Waals surface area contributed by atoms with Crippen LogP contribution in [0.2, 0.25) is 0 Å². The summed E-state index contributed by atoms with van der Waals surface area (Å²) in [6.45, 7) is 9.78. The van der Waals surface area contributed by atoms with Gasteiger partial charge >= 0.3 is 0 Å². The van der Waals surface area contributed by atoms with Gasteiger partial charge in [0.25, 0.3) is 5.91 Å². The lowest BCUT2D eigenvalue weighted by atomic mass is 10.0. The molecule has 0 radical (unpaired) electrons. The molecule has 1 heterocycles. The van der Waals surface area contributed by atoms with Gasteiger partial charge in [-0.05, 0) is 47.9 Å². The summed E-state index contributed by atoms with van der Waals surface area (Å²) in [6, 6.07) is 26.8. The summed E-state index contributed by atoms with van der Waals surface area (Å²) in [5, 5.41) is 3.01. The van der Waals surface area contributed by atoms with E-state index in [2.05, 4.69) is 66.5 Å². The van der Waals surface area contributed by atoms with E-state index < -0.39 is 0 Å². The summed E-state index contributed by atoms with van der Waals surface area (Å²) in [4.78, 5) is 16.6. The number of quaternary nitrogens is 1. The number of benzene rings is 3. The molecule has 0 spiro atoms. The zero-order valence-corrected chi connectivity index (χ0v) is 18.5. The summed E-state index contributed by atoms with van der Waals surface area (Å²) in [7, 11) is 0. The van der Waals surface area contributed by atoms with Crippen LogP contribution in [0.1, 0.15) is 41.3 Å². The first-order valence-electron chi connectivity index (χ1n) is 11.2. The van der Waals surface area contributed by atoms with E-state index in [0.717, 1.165) is 38.4 Å². The van der Waals surface area contributed by atoms with Gasteiger partial charge in [0.2, 0.25) is 0 Å². The molecule has 4 rings (SSSR count). The summed E-state index contributed by atoms with van der Waals surface area (Å²) in [6.07, 6.45) is 0. The molecule has 1 aliphatic heterocycles. The third-order valence-electron chi connectivity index (χ3n) is 6.10.